The van der Waals surface area contributed by atoms with Gasteiger partial charge in [-0.3, -0.25) is 0 Å². The van der Waals surface area contributed by atoms with Crippen LogP contribution in [0.2, 0.25) is 0 Å². The lowest BCUT2D eigenvalue weighted by Gasteiger charge is -2.19. The molecule has 4 aromatic carbocycles. The summed E-state index contributed by atoms with van der Waals surface area (Å²) in [6.45, 7) is 3.15. The smallest absolute Gasteiger partial charge is 0.239 e. The van der Waals surface area contributed by atoms with Gasteiger partial charge < -0.3 is 4.43 Å². The maximum absolute atomic E-state index is 6.52. The van der Waals surface area contributed by atoms with Crippen molar-refractivity contribution < 1.29 is 4.43 Å². The molecule has 0 aromatic heterocycles. The van der Waals surface area contributed by atoms with E-state index in [1.807, 2.05) is 11.8 Å². The maximum atomic E-state index is 6.52. The molecule has 0 amide bonds. The number of thioether (sulfide) groups is 1. The van der Waals surface area contributed by atoms with Crippen molar-refractivity contribution in [2.45, 2.75) is 18.2 Å². The van der Waals surface area contributed by atoms with Crippen molar-refractivity contribution in [2.24, 2.45) is 5.92 Å². The molecule has 0 aliphatic carbocycles. The number of hydrogen-bond donors (Lipinski definition) is 0. The van der Waals surface area contributed by atoms with Crippen molar-refractivity contribution in [3.8, 4) is 0 Å². The third-order valence-corrected chi connectivity index (χ3v) is 9.23. The minimum absolute atomic E-state index is 0.614. The molecule has 0 aliphatic rings. The Morgan fingerprint density at radius 2 is 1.33 bits per heavy atom. The monoisotopic (exact) mass is 428 g/mol. The SMILES string of the molecule is CC(CCO[SiH](c1ccccc1)c1ccccc1)CSc1ccc2ccccc2c1. The molecule has 0 N–H and O–H groups in total. The fourth-order valence-electron chi connectivity index (χ4n) is 3.61. The minimum Gasteiger partial charge on any atom is -0.411 e. The number of hydrogen-bond acceptors (Lipinski definition) is 2. The third-order valence-electron chi connectivity index (χ3n) is 5.36. The summed E-state index contributed by atoms with van der Waals surface area (Å²) in [6, 6.07) is 36.8. The first-order valence-electron chi connectivity index (χ1n) is 10.6. The topological polar surface area (TPSA) is 9.23 Å². The lowest BCUT2D eigenvalue weighted by Crippen LogP contribution is -2.45. The summed E-state index contributed by atoms with van der Waals surface area (Å²) in [5, 5.41) is 5.32. The largest absolute Gasteiger partial charge is 0.411 e. The Morgan fingerprint density at radius 1 is 0.733 bits per heavy atom. The van der Waals surface area contributed by atoms with Crippen molar-refractivity contribution >= 4 is 41.9 Å². The molecule has 0 saturated heterocycles. The number of benzene rings is 4. The highest BCUT2D eigenvalue weighted by Crippen LogP contribution is 2.26. The second-order valence-electron chi connectivity index (χ2n) is 7.79. The number of rotatable bonds is 9. The molecular weight excluding hydrogens is 400 g/mol. The lowest BCUT2D eigenvalue weighted by molar-refractivity contribution is 0.303. The van der Waals surface area contributed by atoms with Crippen LogP contribution in [-0.4, -0.2) is 21.4 Å². The van der Waals surface area contributed by atoms with Crippen LogP contribution in [0.5, 0.6) is 0 Å². The first kappa shape index (κ1) is 20.9. The van der Waals surface area contributed by atoms with Crippen molar-refractivity contribution in [1.82, 2.24) is 0 Å². The maximum Gasteiger partial charge on any atom is 0.239 e. The molecule has 1 unspecified atom stereocenters. The summed E-state index contributed by atoms with van der Waals surface area (Å²) >= 11 is 1.95. The molecule has 0 saturated carbocycles. The van der Waals surface area contributed by atoms with E-state index in [0.29, 0.717) is 5.92 Å². The van der Waals surface area contributed by atoms with Gasteiger partial charge in [0.1, 0.15) is 0 Å². The van der Waals surface area contributed by atoms with E-state index < -0.39 is 9.04 Å². The first-order chi connectivity index (χ1) is 14.8. The summed E-state index contributed by atoms with van der Waals surface area (Å²) in [6.07, 6.45) is 1.09. The van der Waals surface area contributed by atoms with Gasteiger partial charge in [-0.25, -0.2) is 0 Å². The zero-order valence-electron chi connectivity index (χ0n) is 17.4. The molecule has 4 aromatic rings. The lowest BCUT2D eigenvalue weighted by atomic mass is 10.1. The minimum atomic E-state index is -1.62. The van der Waals surface area contributed by atoms with Gasteiger partial charge in [0.2, 0.25) is 9.04 Å². The van der Waals surface area contributed by atoms with Crippen molar-refractivity contribution in [3.05, 3.63) is 103 Å². The molecular formula is C27H28OSSi. The molecule has 1 atom stereocenters. The molecule has 4 rings (SSSR count). The quantitative estimate of drug-likeness (QED) is 0.257. The van der Waals surface area contributed by atoms with Crippen LogP contribution in [0.4, 0.5) is 0 Å². The van der Waals surface area contributed by atoms with Gasteiger partial charge in [0.15, 0.2) is 0 Å². The second-order valence-corrected chi connectivity index (χ2v) is 11.3. The van der Waals surface area contributed by atoms with Gasteiger partial charge in [0.05, 0.1) is 0 Å². The van der Waals surface area contributed by atoms with Gasteiger partial charge in [-0.15, -0.1) is 11.8 Å². The van der Waals surface area contributed by atoms with E-state index in [1.54, 1.807) is 0 Å². The Kier molecular flexibility index (Phi) is 7.41. The molecule has 0 radical (unpaired) electrons. The Bertz CT molecular complexity index is 1010. The molecule has 0 spiro atoms. The van der Waals surface area contributed by atoms with Crippen LogP contribution in [0.3, 0.4) is 0 Å². The summed E-state index contributed by atoms with van der Waals surface area (Å²) in [4.78, 5) is 1.35. The normalized spacial score (nSPS) is 12.3. The van der Waals surface area contributed by atoms with Crippen LogP contribution in [-0.2, 0) is 4.43 Å². The summed E-state index contributed by atoms with van der Waals surface area (Å²) < 4.78 is 6.52. The van der Waals surface area contributed by atoms with E-state index in [4.69, 9.17) is 4.43 Å². The fraction of sp³-hybridized carbons (Fsp3) is 0.185. The van der Waals surface area contributed by atoms with Crippen molar-refractivity contribution in [3.63, 3.8) is 0 Å². The molecule has 30 heavy (non-hydrogen) atoms. The highest BCUT2D eigenvalue weighted by atomic mass is 32.2. The highest BCUT2D eigenvalue weighted by molar-refractivity contribution is 7.99. The van der Waals surface area contributed by atoms with Crippen LogP contribution in [0, 0.1) is 5.92 Å². The molecule has 1 nitrogen and oxygen atoms in total. The van der Waals surface area contributed by atoms with Gasteiger partial charge in [-0.2, -0.15) is 0 Å². The van der Waals surface area contributed by atoms with E-state index in [9.17, 15) is 0 Å². The van der Waals surface area contributed by atoms with Crippen molar-refractivity contribution in [1.29, 1.82) is 0 Å². The highest BCUT2D eigenvalue weighted by Gasteiger charge is 2.17. The average Bonchev–Trinajstić information content (AvgIpc) is 2.81. The summed E-state index contributed by atoms with van der Waals surface area (Å²) in [7, 11) is -1.62. The van der Waals surface area contributed by atoms with E-state index in [-0.39, 0.29) is 0 Å². The molecule has 0 heterocycles. The molecule has 3 heteroatoms. The predicted octanol–water partition coefficient (Wildman–Crippen LogP) is 5.51. The van der Waals surface area contributed by atoms with Crippen LogP contribution in [0.25, 0.3) is 10.8 Å². The van der Waals surface area contributed by atoms with E-state index in [0.717, 1.165) is 18.8 Å². The van der Waals surface area contributed by atoms with Gasteiger partial charge in [-0.1, -0.05) is 97.9 Å². The van der Waals surface area contributed by atoms with E-state index >= 15 is 0 Å². The third kappa shape index (κ3) is 5.63. The zero-order chi connectivity index (χ0) is 20.6. The Balaban J connectivity index is 1.31. The van der Waals surface area contributed by atoms with Crippen LogP contribution < -0.4 is 10.4 Å². The molecule has 152 valence electrons. The summed E-state index contributed by atoms with van der Waals surface area (Å²) in [5.41, 5.74) is 0. The predicted molar refractivity (Wildman–Crippen MR) is 134 cm³/mol. The second kappa shape index (κ2) is 10.6. The standard InChI is InChI=1S/C27H28OSSi/c1-22(21-29-25-17-16-23-10-8-9-11-24(23)20-25)18-19-28-30(26-12-4-2-5-13-26)27-14-6-3-7-15-27/h2-17,20,22,30H,18-19,21H2,1H3. The van der Waals surface area contributed by atoms with Gasteiger partial charge in [0, 0.05) is 17.3 Å². The Hall–Kier alpha value is -2.33. The number of fused-ring (bicyclic) bond motifs is 1. The van der Waals surface area contributed by atoms with Crippen LogP contribution >= 0.6 is 11.8 Å². The Morgan fingerprint density at radius 3 is 2.00 bits per heavy atom. The average molecular weight is 429 g/mol. The fourth-order valence-corrected chi connectivity index (χ4v) is 6.91. The van der Waals surface area contributed by atoms with Crippen molar-refractivity contribution in [2.75, 3.05) is 12.4 Å². The summed E-state index contributed by atoms with van der Waals surface area (Å²) in [5.74, 6) is 1.73. The Labute approximate surface area is 185 Å². The molecule has 0 bridgehead atoms. The van der Waals surface area contributed by atoms with Crippen LogP contribution in [0.15, 0.2) is 108 Å². The van der Waals surface area contributed by atoms with E-state index in [1.165, 1.54) is 26.0 Å². The van der Waals surface area contributed by atoms with Gasteiger partial charge in [-0.05, 0) is 45.6 Å². The molecule has 0 aliphatic heterocycles. The van der Waals surface area contributed by atoms with Crippen LogP contribution in [0.1, 0.15) is 13.3 Å². The van der Waals surface area contributed by atoms with Gasteiger partial charge >= 0.3 is 0 Å². The molecule has 0 fully saturated rings. The zero-order valence-corrected chi connectivity index (χ0v) is 19.4. The van der Waals surface area contributed by atoms with Gasteiger partial charge in [0.25, 0.3) is 0 Å². The first-order valence-corrected chi connectivity index (χ1v) is 13.2. The van der Waals surface area contributed by atoms with E-state index in [2.05, 4.69) is 110 Å².